The lowest BCUT2D eigenvalue weighted by Crippen LogP contribution is -2.44. The Morgan fingerprint density at radius 2 is 1.65 bits per heavy atom. The van der Waals surface area contributed by atoms with Gasteiger partial charge in [-0.25, -0.2) is 0 Å². The summed E-state index contributed by atoms with van der Waals surface area (Å²) in [5.74, 6) is -1.23. The van der Waals surface area contributed by atoms with E-state index in [9.17, 15) is 14.4 Å². The molecule has 0 bridgehead atoms. The van der Waals surface area contributed by atoms with Gasteiger partial charge in [0.05, 0.1) is 18.8 Å². The maximum absolute atomic E-state index is 12.9. The second kappa shape index (κ2) is 9.57. The van der Waals surface area contributed by atoms with Crippen LogP contribution >= 0.6 is 0 Å². The summed E-state index contributed by atoms with van der Waals surface area (Å²) in [7, 11) is 0. The highest BCUT2D eigenvalue weighted by Crippen LogP contribution is 2.22. The lowest BCUT2D eigenvalue weighted by molar-refractivity contribution is -0.130. The van der Waals surface area contributed by atoms with Crippen molar-refractivity contribution in [2.75, 3.05) is 32.8 Å². The molecule has 31 heavy (non-hydrogen) atoms. The van der Waals surface area contributed by atoms with Crippen LogP contribution in [0.25, 0.3) is 10.9 Å². The zero-order valence-corrected chi connectivity index (χ0v) is 17.3. The van der Waals surface area contributed by atoms with Crippen molar-refractivity contribution < 1.29 is 19.1 Å². The monoisotopic (exact) mass is 419 g/mol. The fourth-order valence-electron chi connectivity index (χ4n) is 3.79. The van der Waals surface area contributed by atoms with Crippen LogP contribution in [0.5, 0.6) is 0 Å². The van der Waals surface area contributed by atoms with Crippen LogP contribution in [0.3, 0.4) is 0 Å². The Labute approximate surface area is 180 Å². The van der Waals surface area contributed by atoms with Crippen molar-refractivity contribution in [1.82, 2.24) is 14.8 Å². The number of fused-ring (bicyclic) bond motifs is 1. The highest BCUT2D eigenvalue weighted by Gasteiger charge is 2.27. The van der Waals surface area contributed by atoms with E-state index in [1.54, 1.807) is 16.8 Å². The highest BCUT2D eigenvalue weighted by molar-refractivity contribution is 6.44. The van der Waals surface area contributed by atoms with Crippen molar-refractivity contribution in [2.24, 2.45) is 0 Å². The van der Waals surface area contributed by atoms with E-state index < -0.39 is 11.7 Å². The van der Waals surface area contributed by atoms with E-state index in [0.717, 1.165) is 17.5 Å². The van der Waals surface area contributed by atoms with E-state index in [0.29, 0.717) is 43.8 Å². The summed E-state index contributed by atoms with van der Waals surface area (Å²) in [4.78, 5) is 39.6. The molecule has 1 saturated heterocycles. The molecule has 3 aromatic rings. The van der Waals surface area contributed by atoms with Crippen molar-refractivity contribution in [3.05, 3.63) is 71.9 Å². The number of ether oxygens (including phenoxy) is 1. The molecule has 7 nitrogen and oxygen atoms in total. The van der Waals surface area contributed by atoms with Crippen LogP contribution in [0.4, 0.5) is 0 Å². The predicted octanol–water partition coefficient (Wildman–Crippen LogP) is 2.04. The summed E-state index contributed by atoms with van der Waals surface area (Å²) >= 11 is 0. The number of hydrogen-bond acceptors (Lipinski definition) is 4. The first-order valence-electron chi connectivity index (χ1n) is 10.4. The van der Waals surface area contributed by atoms with Gasteiger partial charge in [-0.15, -0.1) is 0 Å². The van der Waals surface area contributed by atoms with Crippen molar-refractivity contribution in [3.63, 3.8) is 0 Å². The lowest BCUT2D eigenvalue weighted by Gasteiger charge is -2.25. The number of ketones is 1. The van der Waals surface area contributed by atoms with Gasteiger partial charge >= 0.3 is 0 Å². The van der Waals surface area contributed by atoms with Crippen LogP contribution in [0, 0.1) is 0 Å². The van der Waals surface area contributed by atoms with Gasteiger partial charge in [0.2, 0.25) is 5.91 Å². The minimum absolute atomic E-state index is 0.0777. The summed E-state index contributed by atoms with van der Waals surface area (Å²) < 4.78 is 6.99. The molecule has 7 heteroatoms. The molecule has 0 radical (unpaired) electrons. The molecular weight excluding hydrogens is 394 g/mol. The van der Waals surface area contributed by atoms with E-state index in [1.807, 2.05) is 48.5 Å². The van der Waals surface area contributed by atoms with Gasteiger partial charge in [0.1, 0.15) is 6.54 Å². The summed E-state index contributed by atoms with van der Waals surface area (Å²) in [6.45, 7) is 2.30. The van der Waals surface area contributed by atoms with Gasteiger partial charge in [-0.1, -0.05) is 48.5 Å². The van der Waals surface area contributed by atoms with Crippen molar-refractivity contribution in [2.45, 2.75) is 13.0 Å². The molecule has 1 aliphatic rings. The number of morpholine rings is 1. The number of nitrogens with one attached hydrogen (secondary N) is 1. The average molecular weight is 419 g/mol. The normalized spacial score (nSPS) is 13.9. The smallest absolute Gasteiger partial charge is 0.295 e. The quantitative estimate of drug-likeness (QED) is 0.470. The molecule has 0 saturated carbocycles. The largest absolute Gasteiger partial charge is 0.378 e. The Kier molecular flexibility index (Phi) is 6.43. The third-order valence-corrected chi connectivity index (χ3v) is 5.42. The maximum Gasteiger partial charge on any atom is 0.295 e. The predicted molar refractivity (Wildman–Crippen MR) is 117 cm³/mol. The molecule has 1 aromatic heterocycles. The molecule has 4 rings (SSSR count). The van der Waals surface area contributed by atoms with Gasteiger partial charge in [0.25, 0.3) is 11.7 Å². The minimum atomic E-state index is -0.554. The maximum atomic E-state index is 12.9. The van der Waals surface area contributed by atoms with Crippen molar-refractivity contribution in [3.8, 4) is 0 Å². The third kappa shape index (κ3) is 4.83. The van der Waals surface area contributed by atoms with Crippen molar-refractivity contribution >= 4 is 28.5 Å². The van der Waals surface area contributed by atoms with Crippen LogP contribution in [0.15, 0.2) is 60.8 Å². The molecule has 0 unspecified atom stereocenters. The fraction of sp³-hybridized carbons (Fsp3) is 0.292. The van der Waals surface area contributed by atoms with Gasteiger partial charge in [-0.2, -0.15) is 0 Å². The lowest BCUT2D eigenvalue weighted by atomic mass is 10.1. The summed E-state index contributed by atoms with van der Waals surface area (Å²) in [5.41, 5.74) is 2.23. The van der Waals surface area contributed by atoms with E-state index in [1.165, 1.54) is 4.90 Å². The van der Waals surface area contributed by atoms with E-state index >= 15 is 0 Å². The topological polar surface area (TPSA) is 80.6 Å². The number of carbonyl (C=O) groups is 3. The number of amides is 2. The zero-order chi connectivity index (χ0) is 21.6. The van der Waals surface area contributed by atoms with Gasteiger partial charge in [0.15, 0.2) is 0 Å². The standard InChI is InChI=1S/C24H25N3O4/c28-22(25-11-10-18-6-2-1-3-7-18)17-27-16-20(19-8-4-5-9-21(19)27)23(29)24(30)26-12-14-31-15-13-26/h1-9,16H,10-15,17H2,(H,25,28). The van der Waals surface area contributed by atoms with Crippen LogP contribution in [0.2, 0.25) is 0 Å². The number of hydrogen-bond donors (Lipinski definition) is 1. The molecule has 0 spiro atoms. The molecule has 0 atom stereocenters. The van der Waals surface area contributed by atoms with Gasteiger partial charge < -0.3 is 19.5 Å². The molecule has 0 aliphatic carbocycles. The molecular formula is C24H25N3O4. The number of nitrogens with zero attached hydrogens (tertiary/aromatic N) is 2. The Morgan fingerprint density at radius 3 is 2.42 bits per heavy atom. The number of benzene rings is 2. The third-order valence-electron chi connectivity index (χ3n) is 5.42. The van der Waals surface area contributed by atoms with Crippen LogP contribution in [-0.2, 0) is 27.3 Å². The molecule has 1 aliphatic heterocycles. The molecule has 2 heterocycles. The Balaban J connectivity index is 1.46. The summed E-state index contributed by atoms with van der Waals surface area (Å²) in [5, 5.41) is 3.60. The zero-order valence-electron chi connectivity index (χ0n) is 17.3. The number of rotatable bonds is 7. The Hall–Kier alpha value is -3.45. The van der Waals surface area contributed by atoms with Crippen LogP contribution in [0.1, 0.15) is 15.9 Å². The molecule has 160 valence electrons. The van der Waals surface area contributed by atoms with Crippen LogP contribution in [-0.4, -0.2) is 59.9 Å². The first-order chi connectivity index (χ1) is 15.1. The average Bonchev–Trinajstić information content (AvgIpc) is 3.17. The van der Waals surface area contributed by atoms with Gasteiger partial charge in [-0.05, 0) is 18.1 Å². The number of carbonyl (C=O) groups excluding carboxylic acids is 3. The highest BCUT2D eigenvalue weighted by atomic mass is 16.5. The van der Waals surface area contributed by atoms with E-state index in [4.69, 9.17) is 4.74 Å². The molecule has 2 aromatic carbocycles. The molecule has 2 amide bonds. The fourth-order valence-corrected chi connectivity index (χ4v) is 3.79. The number of para-hydroxylation sites is 1. The molecule has 1 N–H and O–H groups in total. The van der Waals surface area contributed by atoms with E-state index in [-0.39, 0.29) is 12.5 Å². The second-order valence-corrected chi connectivity index (χ2v) is 7.51. The Bertz CT molecular complexity index is 1080. The van der Waals surface area contributed by atoms with E-state index in [2.05, 4.69) is 5.32 Å². The number of Topliss-reactive ketones (excluding diaryl/α,β-unsaturated/α-hetero) is 1. The van der Waals surface area contributed by atoms with Crippen LogP contribution < -0.4 is 5.32 Å². The minimum Gasteiger partial charge on any atom is -0.378 e. The molecule has 1 fully saturated rings. The van der Waals surface area contributed by atoms with Gasteiger partial charge in [0, 0.05) is 36.7 Å². The second-order valence-electron chi connectivity index (χ2n) is 7.51. The van der Waals surface area contributed by atoms with Gasteiger partial charge in [-0.3, -0.25) is 14.4 Å². The SMILES string of the molecule is O=C(Cn1cc(C(=O)C(=O)N2CCOCC2)c2ccccc21)NCCc1ccccc1. The first-order valence-corrected chi connectivity index (χ1v) is 10.4. The Morgan fingerprint density at radius 1 is 0.935 bits per heavy atom. The summed E-state index contributed by atoms with van der Waals surface area (Å²) in [6.07, 6.45) is 2.36. The summed E-state index contributed by atoms with van der Waals surface area (Å²) in [6, 6.07) is 17.3. The number of aromatic nitrogens is 1. The first kappa shape index (κ1) is 20.8. The van der Waals surface area contributed by atoms with Crippen molar-refractivity contribution in [1.29, 1.82) is 0 Å².